The molecule has 0 bridgehead atoms. The Morgan fingerprint density at radius 3 is 2.79 bits per heavy atom. The summed E-state index contributed by atoms with van der Waals surface area (Å²) in [6, 6.07) is 5.90. The van der Waals surface area contributed by atoms with Gasteiger partial charge in [0.05, 0.1) is 11.4 Å². The van der Waals surface area contributed by atoms with Gasteiger partial charge in [0.2, 0.25) is 0 Å². The van der Waals surface area contributed by atoms with E-state index in [0.29, 0.717) is 0 Å². The molecule has 2 heterocycles. The van der Waals surface area contributed by atoms with Gasteiger partial charge in [0, 0.05) is 23.2 Å². The maximum Gasteiger partial charge on any atom is 0.0970 e. The molecule has 0 spiro atoms. The van der Waals surface area contributed by atoms with Crippen LogP contribution in [-0.2, 0) is 0 Å². The van der Waals surface area contributed by atoms with Gasteiger partial charge in [0.1, 0.15) is 0 Å². The second-order valence-corrected chi connectivity index (χ2v) is 3.32. The zero-order valence-electron chi connectivity index (χ0n) is 7.57. The molecule has 1 aliphatic rings. The van der Waals surface area contributed by atoms with Gasteiger partial charge in [0.25, 0.3) is 0 Å². The topological polar surface area (TPSA) is 25.8 Å². The van der Waals surface area contributed by atoms with Crippen LogP contribution in [0.15, 0.2) is 30.6 Å². The predicted octanol–water partition coefficient (Wildman–Crippen LogP) is 0.696. The summed E-state index contributed by atoms with van der Waals surface area (Å²) >= 11 is 0. The molecule has 0 unspecified atom stereocenters. The van der Waals surface area contributed by atoms with E-state index in [9.17, 15) is 0 Å². The van der Waals surface area contributed by atoms with Crippen LogP contribution in [0.5, 0.6) is 0 Å². The van der Waals surface area contributed by atoms with Gasteiger partial charge in [-0.15, -0.1) is 0 Å². The molecule has 0 amide bonds. The number of hydrogen-bond donors (Lipinski definition) is 0. The highest BCUT2D eigenvalue weighted by molar-refractivity contribution is 5.77. The lowest BCUT2D eigenvalue weighted by Gasteiger charge is -1.96. The molecule has 2 aromatic heterocycles. The molecular weight excluding hydrogens is 172 g/mol. The van der Waals surface area contributed by atoms with E-state index in [1.165, 1.54) is 0 Å². The van der Waals surface area contributed by atoms with Gasteiger partial charge in [-0.1, -0.05) is 12.6 Å². The summed E-state index contributed by atoms with van der Waals surface area (Å²) < 4.78 is 0. The van der Waals surface area contributed by atoms with Crippen molar-refractivity contribution < 1.29 is 0 Å². The van der Waals surface area contributed by atoms with E-state index in [2.05, 4.69) is 22.6 Å². The lowest BCUT2D eigenvalue weighted by atomic mass is 10.2. The molecule has 66 valence electrons. The molecule has 0 aliphatic heterocycles. The fraction of sp³-hybridized carbons (Fsp3) is 0. The highest BCUT2D eigenvalue weighted by atomic mass is 14.8. The molecule has 1 aliphatic carbocycles. The van der Waals surface area contributed by atoms with Gasteiger partial charge in [-0.3, -0.25) is 9.97 Å². The minimum Gasteiger partial charge on any atom is -0.254 e. The molecule has 0 atom stereocenters. The Morgan fingerprint density at radius 1 is 1.00 bits per heavy atom. The molecule has 2 aromatic rings. The van der Waals surface area contributed by atoms with Gasteiger partial charge in [-0.05, 0) is 23.4 Å². The van der Waals surface area contributed by atoms with Crippen LogP contribution in [0, 0.1) is 0 Å². The Bertz CT molecular complexity index is 614. The van der Waals surface area contributed by atoms with Crippen LogP contribution in [0.25, 0.3) is 24.0 Å². The minimum absolute atomic E-state index is 0.952. The van der Waals surface area contributed by atoms with E-state index in [4.69, 9.17) is 0 Å². The summed E-state index contributed by atoms with van der Waals surface area (Å²) in [5, 5.41) is 2.11. The fourth-order valence-electron chi connectivity index (χ4n) is 1.75. The summed E-state index contributed by atoms with van der Waals surface area (Å²) in [7, 11) is 0. The Hall–Kier alpha value is -1.96. The second kappa shape index (κ2) is 2.51. The average molecular weight is 180 g/mol. The highest BCUT2D eigenvalue weighted by Crippen LogP contribution is 2.19. The number of fused-ring (bicyclic) bond motifs is 3. The average Bonchev–Trinajstić information content (AvgIpc) is 2.59. The molecule has 2 nitrogen and oxygen atoms in total. The first-order valence-electron chi connectivity index (χ1n) is 4.47. The van der Waals surface area contributed by atoms with E-state index in [-0.39, 0.29) is 0 Å². The van der Waals surface area contributed by atoms with E-state index >= 15 is 0 Å². The van der Waals surface area contributed by atoms with Crippen molar-refractivity contribution in [1.82, 2.24) is 9.97 Å². The first kappa shape index (κ1) is 7.44. The maximum atomic E-state index is 4.33. The van der Waals surface area contributed by atoms with E-state index in [0.717, 1.165) is 27.4 Å². The first-order valence-corrected chi connectivity index (χ1v) is 4.47. The van der Waals surface area contributed by atoms with Crippen LogP contribution in [0.2, 0.25) is 0 Å². The molecule has 0 radical (unpaired) electrons. The van der Waals surface area contributed by atoms with Crippen LogP contribution in [-0.4, -0.2) is 9.97 Å². The molecule has 0 aromatic carbocycles. The third-order valence-electron chi connectivity index (χ3n) is 2.44. The largest absolute Gasteiger partial charge is 0.254 e. The Kier molecular flexibility index (Phi) is 1.34. The lowest BCUT2D eigenvalue weighted by molar-refractivity contribution is 1.23. The van der Waals surface area contributed by atoms with E-state index in [1.807, 2.05) is 18.2 Å². The van der Waals surface area contributed by atoms with Crippen molar-refractivity contribution in [2.24, 2.45) is 0 Å². The van der Waals surface area contributed by atoms with Crippen molar-refractivity contribution in [2.45, 2.75) is 0 Å². The van der Waals surface area contributed by atoms with Crippen LogP contribution in [0.3, 0.4) is 0 Å². The van der Waals surface area contributed by atoms with Crippen LogP contribution >= 0.6 is 0 Å². The molecule has 14 heavy (non-hydrogen) atoms. The maximum absolute atomic E-state index is 4.33. The van der Waals surface area contributed by atoms with Crippen LogP contribution in [0.4, 0.5) is 0 Å². The molecule has 0 saturated heterocycles. The van der Waals surface area contributed by atoms with Crippen molar-refractivity contribution in [1.29, 1.82) is 0 Å². The second-order valence-electron chi connectivity index (χ2n) is 3.32. The van der Waals surface area contributed by atoms with Crippen molar-refractivity contribution in [3.8, 4) is 11.4 Å². The van der Waals surface area contributed by atoms with Gasteiger partial charge in [0.15, 0.2) is 0 Å². The normalized spacial score (nSPS) is 11.7. The number of rotatable bonds is 0. The van der Waals surface area contributed by atoms with Crippen molar-refractivity contribution in [3.63, 3.8) is 0 Å². The molecule has 2 heteroatoms. The molecular formula is C12H8N2. The molecule has 3 rings (SSSR count). The lowest BCUT2D eigenvalue weighted by Crippen LogP contribution is -2.23. The molecule has 0 N–H and O–H groups in total. The van der Waals surface area contributed by atoms with Crippen molar-refractivity contribution in [2.75, 3.05) is 0 Å². The standard InChI is InChI=1S/C12H8N2/c1-8-4-6-14-12-10(8)7-9-3-2-5-13-11(9)12/h2-7H,1H2. The first-order chi connectivity index (χ1) is 6.86. The van der Waals surface area contributed by atoms with Crippen molar-refractivity contribution in [3.05, 3.63) is 46.6 Å². The quantitative estimate of drug-likeness (QED) is 0.509. The van der Waals surface area contributed by atoms with Gasteiger partial charge < -0.3 is 0 Å². The zero-order chi connectivity index (χ0) is 9.54. The Balaban J connectivity index is 2.51. The summed E-state index contributed by atoms with van der Waals surface area (Å²) in [5.74, 6) is 0. The van der Waals surface area contributed by atoms with E-state index in [1.54, 1.807) is 12.4 Å². The predicted molar refractivity (Wildman–Crippen MR) is 55.8 cm³/mol. The number of hydrogen-bond acceptors (Lipinski definition) is 2. The Labute approximate surface area is 81.3 Å². The smallest absolute Gasteiger partial charge is 0.0970 e. The van der Waals surface area contributed by atoms with Crippen LogP contribution in [0.1, 0.15) is 5.56 Å². The summed E-state index contributed by atoms with van der Waals surface area (Å²) in [6.45, 7) is 3.98. The van der Waals surface area contributed by atoms with E-state index < -0.39 is 0 Å². The van der Waals surface area contributed by atoms with Gasteiger partial charge in [-0.25, -0.2) is 0 Å². The molecule has 0 fully saturated rings. The number of pyridine rings is 2. The minimum atomic E-state index is 0.952. The fourth-order valence-corrected chi connectivity index (χ4v) is 1.75. The Morgan fingerprint density at radius 2 is 1.86 bits per heavy atom. The molecule has 0 saturated carbocycles. The summed E-state index contributed by atoms with van der Waals surface area (Å²) in [4.78, 5) is 8.65. The van der Waals surface area contributed by atoms with Crippen LogP contribution < -0.4 is 10.4 Å². The van der Waals surface area contributed by atoms with Crippen molar-refractivity contribution >= 4 is 12.7 Å². The summed E-state index contributed by atoms with van der Waals surface area (Å²) in [5.41, 5.74) is 3.05. The monoisotopic (exact) mass is 180 g/mol. The van der Waals surface area contributed by atoms with Gasteiger partial charge in [-0.2, -0.15) is 0 Å². The third-order valence-corrected chi connectivity index (χ3v) is 2.44. The number of nitrogens with zero attached hydrogens (tertiary/aromatic N) is 2. The zero-order valence-corrected chi connectivity index (χ0v) is 7.57. The third kappa shape index (κ3) is 0.852. The highest BCUT2D eigenvalue weighted by Gasteiger charge is 2.13. The summed E-state index contributed by atoms with van der Waals surface area (Å²) in [6.07, 6.45) is 5.66. The SMILES string of the molecule is C=c1ccnc2c1=Cc1cccnc1-2. The van der Waals surface area contributed by atoms with Gasteiger partial charge >= 0.3 is 0 Å². The number of aromatic nitrogens is 2.